The van der Waals surface area contributed by atoms with Crippen LogP contribution < -0.4 is 5.32 Å². The Morgan fingerprint density at radius 2 is 0.758 bits per heavy atom. The Bertz CT molecular complexity index is 1070. The first-order valence-electron chi connectivity index (χ1n) is 29.3. The molecule has 0 aromatic rings. The Hall–Kier alpha value is -1.92. The molecule has 0 radical (unpaired) electrons. The van der Waals surface area contributed by atoms with Gasteiger partial charge in [0.2, 0.25) is 5.91 Å². The minimum Gasteiger partial charge on any atom is -0.466 e. The lowest BCUT2D eigenvalue weighted by atomic mass is 10.0. The molecule has 0 saturated heterocycles. The van der Waals surface area contributed by atoms with E-state index in [0.717, 1.165) is 70.6 Å². The molecule has 0 spiro atoms. The summed E-state index contributed by atoms with van der Waals surface area (Å²) < 4.78 is 5.45. The summed E-state index contributed by atoms with van der Waals surface area (Å²) in [7, 11) is 0. The zero-order chi connectivity index (χ0) is 47.9. The standard InChI is InChI=1S/C60H113NO5/c1-3-5-7-9-11-13-15-17-19-26-30-34-38-42-46-50-54-60(65)66-55-51-47-43-39-35-31-27-24-22-20-21-23-25-29-33-37-41-45-49-53-59(64)61-57(56-62)58(63)52-48-44-40-36-32-28-18-16-14-12-10-8-6-4-2/h19,24,26-27,31,35,57-58,62-63H,3-18,20-23,25,28-30,32-34,36-56H2,1-2H3,(H,61,64)/b26-19-,27-24-,35-31-. The Morgan fingerprint density at radius 3 is 1.17 bits per heavy atom. The summed E-state index contributed by atoms with van der Waals surface area (Å²) in [6.07, 6.45) is 68.5. The number of amides is 1. The summed E-state index contributed by atoms with van der Waals surface area (Å²) in [6.45, 7) is 4.91. The topological polar surface area (TPSA) is 95.9 Å². The van der Waals surface area contributed by atoms with E-state index in [1.807, 2.05) is 0 Å². The van der Waals surface area contributed by atoms with Crippen molar-refractivity contribution in [2.24, 2.45) is 0 Å². The van der Waals surface area contributed by atoms with Crippen LogP contribution in [-0.4, -0.2) is 47.4 Å². The number of rotatable bonds is 54. The van der Waals surface area contributed by atoms with Gasteiger partial charge in [0.1, 0.15) is 0 Å². The molecule has 0 rings (SSSR count). The first-order valence-corrected chi connectivity index (χ1v) is 29.3. The zero-order valence-electron chi connectivity index (χ0n) is 44.2. The van der Waals surface area contributed by atoms with Gasteiger partial charge in [0.25, 0.3) is 0 Å². The maximum absolute atomic E-state index is 12.5. The van der Waals surface area contributed by atoms with Crippen molar-refractivity contribution in [1.29, 1.82) is 0 Å². The second-order valence-electron chi connectivity index (χ2n) is 20.0. The van der Waals surface area contributed by atoms with E-state index < -0.39 is 12.1 Å². The van der Waals surface area contributed by atoms with Gasteiger partial charge in [0.15, 0.2) is 0 Å². The third kappa shape index (κ3) is 51.5. The molecule has 2 unspecified atom stereocenters. The monoisotopic (exact) mass is 928 g/mol. The van der Waals surface area contributed by atoms with Gasteiger partial charge in [-0.05, 0) is 83.5 Å². The summed E-state index contributed by atoms with van der Waals surface area (Å²) in [5.74, 6) is -0.0654. The number of unbranched alkanes of at least 4 members (excludes halogenated alkanes) is 38. The number of aliphatic hydroxyl groups is 2. The third-order valence-corrected chi connectivity index (χ3v) is 13.4. The van der Waals surface area contributed by atoms with Crippen LogP contribution in [0.5, 0.6) is 0 Å². The Kier molecular flexibility index (Phi) is 54.1. The largest absolute Gasteiger partial charge is 0.466 e. The number of nitrogens with one attached hydrogen (secondary N) is 1. The number of carbonyl (C=O) groups excluding carboxylic acids is 2. The van der Waals surface area contributed by atoms with Gasteiger partial charge in [-0.1, -0.05) is 249 Å². The number of carbonyl (C=O) groups is 2. The van der Waals surface area contributed by atoms with E-state index >= 15 is 0 Å². The van der Waals surface area contributed by atoms with Crippen LogP contribution in [0.15, 0.2) is 36.5 Å². The smallest absolute Gasteiger partial charge is 0.305 e. The van der Waals surface area contributed by atoms with E-state index in [1.165, 1.54) is 205 Å². The summed E-state index contributed by atoms with van der Waals surface area (Å²) in [6, 6.07) is -0.549. The second-order valence-corrected chi connectivity index (χ2v) is 20.0. The van der Waals surface area contributed by atoms with E-state index in [9.17, 15) is 19.8 Å². The predicted molar refractivity (Wildman–Crippen MR) is 287 cm³/mol. The van der Waals surface area contributed by atoms with Crippen LogP contribution in [0, 0.1) is 0 Å². The first kappa shape index (κ1) is 64.1. The molecule has 2 atom stereocenters. The number of ether oxygens (including phenoxy) is 1. The van der Waals surface area contributed by atoms with Gasteiger partial charge in [-0.25, -0.2) is 0 Å². The molecule has 0 fully saturated rings. The average Bonchev–Trinajstić information content (AvgIpc) is 3.32. The van der Waals surface area contributed by atoms with Gasteiger partial charge in [-0.3, -0.25) is 9.59 Å². The SMILES string of the molecule is CCCCCCCCC/C=C\CCCCCCCC(=O)OCCCCC/C=C\C=C/CCCCCCCCCCCCC(=O)NC(CO)C(O)CCCCCCCCCCCCCCCC. The number of hydrogen-bond donors (Lipinski definition) is 3. The van der Waals surface area contributed by atoms with Gasteiger partial charge in [0.05, 0.1) is 25.4 Å². The summed E-state index contributed by atoms with van der Waals surface area (Å²) in [5.41, 5.74) is 0. The molecule has 6 nitrogen and oxygen atoms in total. The third-order valence-electron chi connectivity index (χ3n) is 13.4. The first-order chi connectivity index (χ1) is 32.5. The van der Waals surface area contributed by atoms with Crippen molar-refractivity contribution in [1.82, 2.24) is 5.32 Å². The molecule has 0 aromatic carbocycles. The normalized spacial score (nSPS) is 12.8. The van der Waals surface area contributed by atoms with Gasteiger partial charge >= 0.3 is 5.97 Å². The van der Waals surface area contributed by atoms with Gasteiger partial charge in [-0.15, -0.1) is 0 Å². The molecule has 0 bridgehead atoms. The summed E-state index contributed by atoms with van der Waals surface area (Å²) in [4.78, 5) is 24.5. The van der Waals surface area contributed by atoms with Gasteiger partial charge < -0.3 is 20.3 Å². The molecule has 0 saturated carbocycles. The molecule has 0 aliphatic heterocycles. The Balaban J connectivity index is 3.48. The minimum atomic E-state index is -0.671. The number of aliphatic hydroxyl groups excluding tert-OH is 2. The van der Waals surface area contributed by atoms with E-state index in [2.05, 4.69) is 55.6 Å². The van der Waals surface area contributed by atoms with Crippen molar-refractivity contribution in [2.45, 2.75) is 321 Å². The van der Waals surface area contributed by atoms with Gasteiger partial charge in [-0.2, -0.15) is 0 Å². The van der Waals surface area contributed by atoms with Crippen molar-refractivity contribution in [2.75, 3.05) is 13.2 Å². The average molecular weight is 929 g/mol. The number of esters is 1. The number of hydrogen-bond acceptors (Lipinski definition) is 5. The van der Waals surface area contributed by atoms with E-state index in [0.29, 0.717) is 25.9 Å². The van der Waals surface area contributed by atoms with Crippen LogP contribution >= 0.6 is 0 Å². The van der Waals surface area contributed by atoms with Crippen LogP contribution in [0.2, 0.25) is 0 Å². The maximum atomic E-state index is 12.5. The van der Waals surface area contributed by atoms with Gasteiger partial charge in [0, 0.05) is 12.8 Å². The molecule has 3 N–H and O–H groups in total. The lowest BCUT2D eigenvalue weighted by Gasteiger charge is -2.22. The summed E-state index contributed by atoms with van der Waals surface area (Å²) in [5, 5.41) is 23.2. The zero-order valence-corrected chi connectivity index (χ0v) is 44.2. The van der Waals surface area contributed by atoms with Crippen LogP contribution in [0.1, 0.15) is 309 Å². The second kappa shape index (κ2) is 55.7. The van der Waals surface area contributed by atoms with Crippen molar-refractivity contribution < 1.29 is 24.5 Å². The summed E-state index contributed by atoms with van der Waals surface area (Å²) >= 11 is 0. The van der Waals surface area contributed by atoms with Crippen LogP contribution in [0.3, 0.4) is 0 Å². The highest BCUT2D eigenvalue weighted by Gasteiger charge is 2.20. The van der Waals surface area contributed by atoms with E-state index in [-0.39, 0.29) is 18.5 Å². The fourth-order valence-corrected chi connectivity index (χ4v) is 8.92. The van der Waals surface area contributed by atoms with Crippen molar-refractivity contribution in [3.05, 3.63) is 36.5 Å². The predicted octanol–water partition coefficient (Wildman–Crippen LogP) is 18.0. The van der Waals surface area contributed by atoms with Crippen molar-refractivity contribution >= 4 is 11.9 Å². The molecule has 0 aliphatic carbocycles. The Labute approximate surface area is 411 Å². The highest BCUT2D eigenvalue weighted by molar-refractivity contribution is 5.76. The van der Waals surface area contributed by atoms with Crippen molar-refractivity contribution in [3.8, 4) is 0 Å². The highest BCUT2D eigenvalue weighted by atomic mass is 16.5. The van der Waals surface area contributed by atoms with Crippen LogP contribution in [-0.2, 0) is 14.3 Å². The molecule has 388 valence electrons. The molecule has 66 heavy (non-hydrogen) atoms. The fraction of sp³-hybridized carbons (Fsp3) is 0.867. The van der Waals surface area contributed by atoms with Crippen LogP contribution in [0.25, 0.3) is 0 Å². The maximum Gasteiger partial charge on any atom is 0.305 e. The lowest BCUT2D eigenvalue weighted by molar-refractivity contribution is -0.143. The van der Waals surface area contributed by atoms with Crippen molar-refractivity contribution in [3.63, 3.8) is 0 Å². The molecular formula is C60H113NO5. The quantitative estimate of drug-likeness (QED) is 0.0244. The fourth-order valence-electron chi connectivity index (χ4n) is 8.92. The van der Waals surface area contributed by atoms with Crippen LogP contribution in [0.4, 0.5) is 0 Å². The lowest BCUT2D eigenvalue weighted by Crippen LogP contribution is -2.45. The molecular weight excluding hydrogens is 815 g/mol. The number of allylic oxidation sites excluding steroid dienone is 6. The Morgan fingerprint density at radius 1 is 0.424 bits per heavy atom. The molecule has 0 aromatic heterocycles. The molecule has 6 heteroatoms. The highest BCUT2D eigenvalue weighted by Crippen LogP contribution is 2.17. The van der Waals surface area contributed by atoms with E-state index in [4.69, 9.17) is 4.74 Å². The molecule has 0 aliphatic rings. The minimum absolute atomic E-state index is 0.0208. The molecule has 1 amide bonds. The van der Waals surface area contributed by atoms with E-state index in [1.54, 1.807) is 0 Å². The molecule has 0 heterocycles.